The van der Waals surface area contributed by atoms with E-state index in [1.807, 2.05) is 20.8 Å². The zero-order chi connectivity index (χ0) is 24.1. The van der Waals surface area contributed by atoms with Crippen LogP contribution in [-0.2, 0) is 14.3 Å². The Labute approximate surface area is 190 Å². The van der Waals surface area contributed by atoms with E-state index in [1.165, 1.54) is 11.0 Å². The van der Waals surface area contributed by atoms with Crippen LogP contribution in [0, 0.1) is 5.92 Å². The number of aromatic hydroxyl groups is 1. The number of phenols is 1. The first-order valence-corrected chi connectivity index (χ1v) is 11.3. The van der Waals surface area contributed by atoms with Gasteiger partial charge in [-0.25, -0.2) is 4.79 Å². The first-order chi connectivity index (χ1) is 14.9. The summed E-state index contributed by atoms with van der Waals surface area (Å²) in [5.41, 5.74) is -0.329. The highest BCUT2D eigenvalue weighted by atomic mass is 16.6. The van der Waals surface area contributed by atoms with Crippen molar-refractivity contribution in [1.29, 1.82) is 0 Å². The van der Waals surface area contributed by atoms with Gasteiger partial charge >= 0.3 is 6.09 Å². The van der Waals surface area contributed by atoms with Crippen LogP contribution < -0.4 is 10.6 Å². The van der Waals surface area contributed by atoms with Gasteiger partial charge < -0.3 is 25.4 Å². The maximum Gasteiger partial charge on any atom is 0.408 e. The van der Waals surface area contributed by atoms with Gasteiger partial charge in [-0.15, -0.1) is 0 Å². The van der Waals surface area contributed by atoms with Crippen molar-refractivity contribution in [3.05, 3.63) is 29.8 Å². The molecule has 8 nitrogen and oxygen atoms in total. The van der Waals surface area contributed by atoms with E-state index in [-0.39, 0.29) is 36.2 Å². The maximum atomic E-state index is 13.4. The minimum atomic E-state index is -1.00. The molecule has 4 atom stereocenters. The summed E-state index contributed by atoms with van der Waals surface area (Å²) in [6, 6.07) is 5.32. The summed E-state index contributed by atoms with van der Waals surface area (Å²) in [5, 5.41) is 16.0. The Morgan fingerprint density at radius 1 is 1.25 bits per heavy atom. The van der Waals surface area contributed by atoms with Gasteiger partial charge in [0, 0.05) is 17.6 Å². The second-order valence-corrected chi connectivity index (χ2v) is 9.60. The van der Waals surface area contributed by atoms with Crippen LogP contribution in [0.2, 0.25) is 0 Å². The predicted octanol–water partition coefficient (Wildman–Crippen LogP) is 3.50. The molecule has 0 aromatic heterocycles. The van der Waals surface area contributed by atoms with Gasteiger partial charge in [-0.2, -0.15) is 0 Å². The van der Waals surface area contributed by atoms with Crippen LogP contribution in [0.4, 0.5) is 4.79 Å². The molecule has 1 saturated carbocycles. The van der Waals surface area contributed by atoms with Crippen LogP contribution in [-0.4, -0.2) is 52.1 Å². The van der Waals surface area contributed by atoms with Crippen molar-refractivity contribution in [2.75, 3.05) is 6.54 Å². The summed E-state index contributed by atoms with van der Waals surface area (Å²) >= 11 is 0. The van der Waals surface area contributed by atoms with Crippen molar-refractivity contribution in [2.24, 2.45) is 5.92 Å². The summed E-state index contributed by atoms with van der Waals surface area (Å²) < 4.78 is 5.22. The number of hydrogen-bond acceptors (Lipinski definition) is 5. The third-order valence-electron chi connectivity index (χ3n) is 5.36. The minimum absolute atomic E-state index is 0.0537. The molecule has 1 aromatic carbocycles. The Hall–Kier alpha value is -2.77. The summed E-state index contributed by atoms with van der Waals surface area (Å²) in [4.78, 5) is 40.2. The molecule has 1 aromatic rings. The van der Waals surface area contributed by atoms with Gasteiger partial charge in [0.1, 0.15) is 23.9 Å². The van der Waals surface area contributed by atoms with E-state index >= 15 is 0 Å². The van der Waals surface area contributed by atoms with Gasteiger partial charge in [-0.05, 0) is 52.5 Å². The van der Waals surface area contributed by atoms with E-state index in [1.54, 1.807) is 39.0 Å². The lowest BCUT2D eigenvalue weighted by atomic mass is 10.0. The molecule has 1 aliphatic rings. The lowest BCUT2D eigenvalue weighted by Crippen LogP contribution is -2.50. The van der Waals surface area contributed by atoms with E-state index in [9.17, 15) is 19.5 Å². The molecule has 1 aliphatic carbocycles. The smallest absolute Gasteiger partial charge is 0.408 e. The van der Waals surface area contributed by atoms with Gasteiger partial charge in [0.15, 0.2) is 0 Å². The first-order valence-electron chi connectivity index (χ1n) is 11.3. The Bertz CT molecular complexity index is 820. The van der Waals surface area contributed by atoms with Crippen LogP contribution in [0.25, 0.3) is 0 Å². The Morgan fingerprint density at radius 3 is 2.41 bits per heavy atom. The summed E-state index contributed by atoms with van der Waals surface area (Å²) in [6.07, 6.45) is 1.76. The number of para-hydroxylation sites is 1. The average molecular weight is 448 g/mol. The number of carbonyl (C=O) groups excluding carboxylic acids is 3. The molecular weight excluding hydrogens is 410 g/mol. The number of ether oxygens (including phenoxy) is 1. The van der Waals surface area contributed by atoms with Gasteiger partial charge in [-0.3, -0.25) is 9.59 Å². The highest BCUT2D eigenvalue weighted by molar-refractivity contribution is 5.91. The van der Waals surface area contributed by atoms with Gasteiger partial charge in [0.2, 0.25) is 11.8 Å². The molecule has 1 fully saturated rings. The highest BCUT2D eigenvalue weighted by Gasteiger charge is 2.47. The largest absolute Gasteiger partial charge is 0.508 e. The SMILES string of the molecule is CCCC(C)NC(=O)C(c1ccccc1O)N(C(=O)CNC(=O)OC(C)(C)C)C1CC1C. The van der Waals surface area contributed by atoms with E-state index in [0.29, 0.717) is 5.56 Å². The van der Waals surface area contributed by atoms with E-state index in [4.69, 9.17) is 4.74 Å². The molecule has 2 rings (SSSR count). The fraction of sp³-hybridized carbons (Fsp3) is 0.625. The zero-order valence-electron chi connectivity index (χ0n) is 20.0. The minimum Gasteiger partial charge on any atom is -0.508 e. The van der Waals surface area contributed by atoms with Gasteiger partial charge in [0.05, 0.1) is 0 Å². The fourth-order valence-electron chi connectivity index (χ4n) is 3.73. The summed E-state index contributed by atoms with van der Waals surface area (Å²) in [6.45, 7) is 10.9. The Kier molecular flexibility index (Phi) is 8.52. The molecule has 8 heteroatoms. The number of hydrogen-bond donors (Lipinski definition) is 3. The molecule has 3 N–H and O–H groups in total. The maximum absolute atomic E-state index is 13.4. The molecule has 0 spiro atoms. The number of amides is 3. The van der Waals surface area contributed by atoms with Crippen LogP contribution in [0.5, 0.6) is 5.75 Å². The van der Waals surface area contributed by atoms with Crippen molar-refractivity contribution < 1.29 is 24.2 Å². The monoisotopic (exact) mass is 447 g/mol. The van der Waals surface area contributed by atoms with Crippen molar-refractivity contribution in [2.45, 2.75) is 84.5 Å². The fourth-order valence-corrected chi connectivity index (χ4v) is 3.73. The van der Waals surface area contributed by atoms with Crippen molar-refractivity contribution in [3.8, 4) is 5.75 Å². The van der Waals surface area contributed by atoms with Crippen molar-refractivity contribution >= 4 is 17.9 Å². The summed E-state index contributed by atoms with van der Waals surface area (Å²) in [7, 11) is 0. The number of phenolic OH excluding ortho intramolecular Hbond substituents is 1. The predicted molar refractivity (Wildman–Crippen MR) is 122 cm³/mol. The standard InChI is InChI=1S/C24H37N3O5/c1-7-10-16(3)26-22(30)21(17-11-8-9-12-19(17)28)27(18-13-15(18)2)20(29)14-25-23(31)32-24(4,5)6/h8-9,11-12,15-16,18,21,28H,7,10,13-14H2,1-6H3,(H,25,31)(H,26,30). The second kappa shape index (κ2) is 10.7. The van der Waals surface area contributed by atoms with Crippen LogP contribution in [0.1, 0.15) is 72.4 Å². The summed E-state index contributed by atoms with van der Waals surface area (Å²) in [5.74, 6) is -0.592. The lowest BCUT2D eigenvalue weighted by molar-refractivity contribution is -0.141. The number of carbonyl (C=O) groups is 3. The number of alkyl carbamates (subject to hydrolysis) is 1. The average Bonchev–Trinajstić information content (AvgIpc) is 3.39. The topological polar surface area (TPSA) is 108 Å². The Morgan fingerprint density at radius 2 is 1.88 bits per heavy atom. The Balaban J connectivity index is 2.31. The third kappa shape index (κ3) is 7.14. The molecule has 0 aliphatic heterocycles. The molecular formula is C24H37N3O5. The van der Waals surface area contributed by atoms with Crippen LogP contribution >= 0.6 is 0 Å². The molecule has 0 saturated heterocycles. The quantitative estimate of drug-likeness (QED) is 0.537. The zero-order valence-corrected chi connectivity index (χ0v) is 20.0. The van der Waals surface area contributed by atoms with Crippen LogP contribution in [0.15, 0.2) is 24.3 Å². The second-order valence-electron chi connectivity index (χ2n) is 9.60. The third-order valence-corrected chi connectivity index (χ3v) is 5.36. The molecule has 0 radical (unpaired) electrons. The lowest BCUT2D eigenvalue weighted by Gasteiger charge is -2.33. The van der Waals surface area contributed by atoms with Gasteiger partial charge in [-0.1, -0.05) is 38.5 Å². The number of benzene rings is 1. The molecule has 178 valence electrons. The highest BCUT2D eigenvalue weighted by Crippen LogP contribution is 2.41. The molecule has 3 amide bonds. The van der Waals surface area contributed by atoms with Gasteiger partial charge in [0.25, 0.3) is 0 Å². The molecule has 4 unspecified atom stereocenters. The van der Waals surface area contributed by atoms with Crippen molar-refractivity contribution in [1.82, 2.24) is 15.5 Å². The molecule has 0 bridgehead atoms. The van der Waals surface area contributed by atoms with E-state index in [0.717, 1.165) is 19.3 Å². The first kappa shape index (κ1) is 25.5. The molecule has 0 heterocycles. The van der Waals surface area contributed by atoms with E-state index in [2.05, 4.69) is 10.6 Å². The number of nitrogens with one attached hydrogen (secondary N) is 2. The number of rotatable bonds is 9. The molecule has 32 heavy (non-hydrogen) atoms. The van der Waals surface area contributed by atoms with Crippen LogP contribution in [0.3, 0.4) is 0 Å². The number of nitrogens with zero attached hydrogens (tertiary/aromatic N) is 1. The normalized spacial score (nSPS) is 19.4. The van der Waals surface area contributed by atoms with Crippen molar-refractivity contribution in [3.63, 3.8) is 0 Å². The van der Waals surface area contributed by atoms with E-state index < -0.39 is 23.6 Å².